The lowest BCUT2D eigenvalue weighted by Crippen LogP contribution is -2.17. The van der Waals surface area contributed by atoms with Crippen LogP contribution in [0, 0.1) is 0 Å². The van der Waals surface area contributed by atoms with Gasteiger partial charge in [-0.15, -0.1) is 0 Å². The van der Waals surface area contributed by atoms with E-state index in [0.717, 1.165) is 57.8 Å². The lowest BCUT2D eigenvalue weighted by atomic mass is 10.1. The molecule has 0 aromatic heterocycles. The molecule has 0 aliphatic carbocycles. The smallest absolute Gasteiger partial charge is 0.306 e. The minimum Gasteiger partial charge on any atom is -0.481 e. The number of carbonyl (C=O) groups excluding carboxylic acids is 1. The second-order valence-corrected chi connectivity index (χ2v) is 6.03. The van der Waals surface area contributed by atoms with Crippen molar-refractivity contribution in [2.24, 2.45) is 0 Å². The third kappa shape index (κ3) is 13.9. The van der Waals surface area contributed by atoms with Crippen molar-refractivity contribution >= 4 is 11.9 Å². The molecule has 0 bridgehead atoms. The number of carbonyl (C=O) groups is 2. The van der Waals surface area contributed by atoms with Crippen LogP contribution in [0.25, 0.3) is 0 Å². The van der Waals surface area contributed by atoms with E-state index in [1.807, 2.05) is 0 Å². The highest BCUT2D eigenvalue weighted by Crippen LogP contribution is 2.13. The van der Waals surface area contributed by atoms with Crippen LogP contribution in [-0.2, 0) is 14.3 Å². The van der Waals surface area contributed by atoms with Gasteiger partial charge in [0.2, 0.25) is 0 Å². The van der Waals surface area contributed by atoms with Crippen molar-refractivity contribution < 1.29 is 19.4 Å². The molecule has 0 fully saturated rings. The Morgan fingerprint density at radius 1 is 0.864 bits per heavy atom. The summed E-state index contributed by atoms with van der Waals surface area (Å²) in [5.74, 6) is -0.776. The Morgan fingerprint density at radius 2 is 1.45 bits per heavy atom. The van der Waals surface area contributed by atoms with E-state index in [-0.39, 0.29) is 18.5 Å². The SMILES string of the molecule is CCCCCC(CC)OC(=O)CCCCCCCCC(=O)O. The van der Waals surface area contributed by atoms with Gasteiger partial charge in [-0.05, 0) is 32.1 Å². The van der Waals surface area contributed by atoms with E-state index in [0.29, 0.717) is 6.42 Å². The molecule has 1 atom stereocenters. The maximum Gasteiger partial charge on any atom is 0.306 e. The number of unbranched alkanes of at least 4 members (excludes halogenated alkanes) is 7. The first-order chi connectivity index (χ1) is 10.6. The van der Waals surface area contributed by atoms with Gasteiger partial charge in [0.15, 0.2) is 0 Å². The number of rotatable bonds is 15. The number of esters is 1. The van der Waals surface area contributed by atoms with Crippen molar-refractivity contribution in [3.8, 4) is 0 Å². The van der Waals surface area contributed by atoms with Gasteiger partial charge in [0.1, 0.15) is 6.10 Å². The molecule has 0 aromatic carbocycles. The fourth-order valence-electron chi connectivity index (χ4n) is 2.47. The highest BCUT2D eigenvalue weighted by atomic mass is 16.5. The Kier molecular flexibility index (Phi) is 14.1. The van der Waals surface area contributed by atoms with Crippen LogP contribution in [0.5, 0.6) is 0 Å². The number of carboxylic acid groups (broad SMARTS) is 1. The van der Waals surface area contributed by atoms with Gasteiger partial charge in [0.25, 0.3) is 0 Å². The Bertz CT molecular complexity index is 289. The first kappa shape index (κ1) is 20.9. The lowest BCUT2D eigenvalue weighted by molar-refractivity contribution is -0.149. The quantitative estimate of drug-likeness (QED) is 0.337. The number of aliphatic carboxylic acids is 1. The molecule has 130 valence electrons. The topological polar surface area (TPSA) is 63.6 Å². The molecule has 0 aliphatic rings. The predicted octanol–water partition coefficient (Wildman–Crippen LogP) is 5.09. The Labute approximate surface area is 135 Å². The van der Waals surface area contributed by atoms with Gasteiger partial charge in [-0.25, -0.2) is 0 Å². The zero-order valence-electron chi connectivity index (χ0n) is 14.4. The highest BCUT2D eigenvalue weighted by Gasteiger charge is 2.11. The molecule has 4 heteroatoms. The molecule has 1 unspecified atom stereocenters. The second-order valence-electron chi connectivity index (χ2n) is 6.03. The summed E-state index contributed by atoms with van der Waals surface area (Å²) in [7, 11) is 0. The fraction of sp³-hybridized carbons (Fsp3) is 0.889. The van der Waals surface area contributed by atoms with E-state index in [2.05, 4.69) is 13.8 Å². The van der Waals surface area contributed by atoms with Gasteiger partial charge in [0.05, 0.1) is 0 Å². The summed E-state index contributed by atoms with van der Waals surface area (Å²) in [5.41, 5.74) is 0. The summed E-state index contributed by atoms with van der Waals surface area (Å²) < 4.78 is 5.51. The van der Waals surface area contributed by atoms with Crippen LogP contribution in [-0.4, -0.2) is 23.1 Å². The summed E-state index contributed by atoms with van der Waals surface area (Å²) >= 11 is 0. The van der Waals surface area contributed by atoms with Gasteiger partial charge in [-0.1, -0.05) is 52.4 Å². The van der Waals surface area contributed by atoms with Crippen LogP contribution in [0.1, 0.15) is 97.3 Å². The van der Waals surface area contributed by atoms with Gasteiger partial charge >= 0.3 is 11.9 Å². The number of hydrogen-bond acceptors (Lipinski definition) is 3. The minimum absolute atomic E-state index is 0.0609. The second kappa shape index (κ2) is 14.9. The molecule has 1 N–H and O–H groups in total. The molecule has 0 aromatic rings. The molecule has 4 nitrogen and oxygen atoms in total. The van der Waals surface area contributed by atoms with E-state index in [9.17, 15) is 9.59 Å². The predicted molar refractivity (Wildman–Crippen MR) is 88.9 cm³/mol. The molecule has 0 spiro atoms. The Hall–Kier alpha value is -1.06. The van der Waals surface area contributed by atoms with Crippen LogP contribution in [0.15, 0.2) is 0 Å². The standard InChI is InChI=1S/C18H34O4/c1-3-5-10-13-16(4-2)22-18(21)15-12-9-7-6-8-11-14-17(19)20/h16H,3-15H2,1-2H3,(H,19,20). The van der Waals surface area contributed by atoms with Crippen LogP contribution >= 0.6 is 0 Å². The molecule has 0 rings (SSSR count). The summed E-state index contributed by atoms with van der Waals surface area (Å²) in [4.78, 5) is 22.1. The number of hydrogen-bond donors (Lipinski definition) is 1. The molecular formula is C18H34O4. The van der Waals surface area contributed by atoms with E-state index < -0.39 is 5.97 Å². The van der Waals surface area contributed by atoms with Crippen molar-refractivity contribution in [1.29, 1.82) is 0 Å². The zero-order chi connectivity index (χ0) is 16.6. The third-order valence-electron chi connectivity index (χ3n) is 3.90. The minimum atomic E-state index is -0.716. The number of carboxylic acids is 1. The Morgan fingerprint density at radius 3 is 2.00 bits per heavy atom. The third-order valence-corrected chi connectivity index (χ3v) is 3.90. The zero-order valence-corrected chi connectivity index (χ0v) is 14.4. The van der Waals surface area contributed by atoms with Gasteiger partial charge in [0, 0.05) is 12.8 Å². The molecule has 0 heterocycles. The van der Waals surface area contributed by atoms with Crippen LogP contribution in [0.3, 0.4) is 0 Å². The van der Waals surface area contributed by atoms with Crippen molar-refractivity contribution in [1.82, 2.24) is 0 Å². The van der Waals surface area contributed by atoms with Crippen molar-refractivity contribution in [2.45, 2.75) is 103 Å². The Balaban J connectivity index is 3.49. The highest BCUT2D eigenvalue weighted by molar-refractivity contribution is 5.69. The average Bonchev–Trinajstić information content (AvgIpc) is 2.48. The summed E-state index contributed by atoms with van der Waals surface area (Å²) in [6, 6.07) is 0. The molecule has 0 saturated carbocycles. The molecule has 0 saturated heterocycles. The van der Waals surface area contributed by atoms with Crippen molar-refractivity contribution in [3.05, 3.63) is 0 Å². The fourth-order valence-corrected chi connectivity index (χ4v) is 2.47. The maximum absolute atomic E-state index is 11.8. The van der Waals surface area contributed by atoms with Crippen LogP contribution < -0.4 is 0 Å². The summed E-state index contributed by atoms with van der Waals surface area (Å²) in [5, 5.41) is 8.52. The first-order valence-electron chi connectivity index (χ1n) is 9.01. The molecule has 0 amide bonds. The van der Waals surface area contributed by atoms with Crippen LogP contribution in [0.2, 0.25) is 0 Å². The first-order valence-corrected chi connectivity index (χ1v) is 9.01. The molecule has 0 radical (unpaired) electrons. The van der Waals surface area contributed by atoms with Gasteiger partial charge in [-0.2, -0.15) is 0 Å². The average molecular weight is 314 g/mol. The van der Waals surface area contributed by atoms with Crippen LogP contribution in [0.4, 0.5) is 0 Å². The van der Waals surface area contributed by atoms with E-state index in [4.69, 9.17) is 9.84 Å². The van der Waals surface area contributed by atoms with Gasteiger partial charge < -0.3 is 9.84 Å². The summed E-state index contributed by atoms with van der Waals surface area (Å²) in [6.45, 7) is 4.25. The lowest BCUT2D eigenvalue weighted by Gasteiger charge is -2.16. The monoisotopic (exact) mass is 314 g/mol. The molecule has 22 heavy (non-hydrogen) atoms. The normalized spacial score (nSPS) is 12.1. The summed E-state index contributed by atoms with van der Waals surface area (Å²) in [6.07, 6.45) is 12.0. The van der Waals surface area contributed by atoms with Gasteiger partial charge in [-0.3, -0.25) is 9.59 Å². The van der Waals surface area contributed by atoms with E-state index >= 15 is 0 Å². The largest absolute Gasteiger partial charge is 0.481 e. The molecule has 0 aliphatic heterocycles. The number of ether oxygens (including phenoxy) is 1. The maximum atomic E-state index is 11.8. The van der Waals surface area contributed by atoms with Crippen molar-refractivity contribution in [3.63, 3.8) is 0 Å². The van der Waals surface area contributed by atoms with E-state index in [1.165, 1.54) is 12.8 Å². The molecular weight excluding hydrogens is 280 g/mol. The van der Waals surface area contributed by atoms with Crippen molar-refractivity contribution in [2.75, 3.05) is 0 Å². The van der Waals surface area contributed by atoms with E-state index in [1.54, 1.807) is 0 Å².